The van der Waals surface area contributed by atoms with Crippen molar-refractivity contribution in [2.24, 2.45) is 4.99 Å². The Hall–Kier alpha value is -1.40. The van der Waals surface area contributed by atoms with E-state index in [-0.39, 0.29) is 0 Å². The molecule has 3 unspecified atom stereocenters. The van der Waals surface area contributed by atoms with E-state index in [4.69, 9.17) is 4.99 Å². The highest BCUT2D eigenvalue weighted by Crippen LogP contribution is 2.23. The number of guanidine groups is 1. The Labute approximate surface area is 167 Å². The average Bonchev–Trinajstić information content (AvgIpc) is 2.66. The molecule has 5 nitrogen and oxygen atoms in total. The monoisotopic (exact) mass is 392 g/mol. The number of hydrogen-bond acceptors (Lipinski definition) is 3. The van der Waals surface area contributed by atoms with Crippen molar-refractivity contribution in [3.63, 3.8) is 0 Å². The number of aliphatic imine (C=N–C) groups is 1. The van der Waals surface area contributed by atoms with Crippen molar-refractivity contribution in [3.8, 4) is 0 Å². The van der Waals surface area contributed by atoms with Crippen LogP contribution in [-0.2, 0) is 23.9 Å². The molecule has 0 spiro atoms. The topological polar surface area (TPSA) is 56.7 Å². The minimum Gasteiger partial charge on any atom is -0.357 e. The van der Waals surface area contributed by atoms with Crippen LogP contribution in [-0.4, -0.2) is 52.8 Å². The first-order valence-electron chi connectivity index (χ1n) is 10.2. The Morgan fingerprint density at radius 1 is 1.22 bits per heavy atom. The smallest absolute Gasteiger partial charge is 0.191 e. The lowest BCUT2D eigenvalue weighted by atomic mass is 9.95. The molecule has 0 aliphatic heterocycles. The molecule has 1 saturated carbocycles. The Morgan fingerprint density at radius 3 is 2.63 bits per heavy atom. The van der Waals surface area contributed by atoms with Crippen molar-refractivity contribution in [2.45, 2.75) is 63.9 Å². The van der Waals surface area contributed by atoms with Gasteiger partial charge in [0.2, 0.25) is 0 Å². The quantitative estimate of drug-likeness (QED) is 0.528. The molecule has 0 aromatic heterocycles. The summed E-state index contributed by atoms with van der Waals surface area (Å²) in [6, 6.07) is 8.86. The zero-order chi connectivity index (χ0) is 19.6. The van der Waals surface area contributed by atoms with Gasteiger partial charge in [0, 0.05) is 40.9 Å². The molecule has 1 fully saturated rings. The van der Waals surface area contributed by atoms with Gasteiger partial charge in [0.05, 0.1) is 6.54 Å². The van der Waals surface area contributed by atoms with E-state index < -0.39 is 10.8 Å². The molecule has 1 aromatic carbocycles. The van der Waals surface area contributed by atoms with Gasteiger partial charge in [-0.25, -0.2) is 4.99 Å². The molecule has 0 radical (unpaired) electrons. The summed E-state index contributed by atoms with van der Waals surface area (Å²) in [5, 5.41) is 7.29. The predicted molar refractivity (Wildman–Crippen MR) is 117 cm³/mol. The Kier molecular flexibility index (Phi) is 9.28. The van der Waals surface area contributed by atoms with Gasteiger partial charge in [0.15, 0.2) is 5.96 Å². The standard InChI is InChI=1S/C21H36N4OS/c1-5-22-21(24-19-12-9-13-20(14-19)27(26)6-2)23-15-17-10-7-8-11-18(17)16-25(3)4/h7-8,10-11,19-20H,5-6,9,12-16H2,1-4H3,(H2,22,23,24). The third kappa shape index (κ3) is 7.26. The molecule has 2 N–H and O–H groups in total. The summed E-state index contributed by atoms with van der Waals surface area (Å²) in [5.74, 6) is 1.62. The molecular formula is C21H36N4OS. The number of nitrogens with one attached hydrogen (secondary N) is 2. The maximum Gasteiger partial charge on any atom is 0.191 e. The molecule has 3 atom stereocenters. The van der Waals surface area contributed by atoms with E-state index >= 15 is 0 Å². The zero-order valence-electron chi connectivity index (χ0n) is 17.3. The van der Waals surface area contributed by atoms with E-state index in [1.54, 1.807) is 0 Å². The summed E-state index contributed by atoms with van der Waals surface area (Å²) in [4.78, 5) is 7.02. The van der Waals surface area contributed by atoms with Crippen molar-refractivity contribution < 1.29 is 4.21 Å². The van der Waals surface area contributed by atoms with Gasteiger partial charge < -0.3 is 15.5 Å². The van der Waals surface area contributed by atoms with E-state index in [0.717, 1.165) is 50.5 Å². The van der Waals surface area contributed by atoms with Gasteiger partial charge in [0.25, 0.3) is 0 Å². The Morgan fingerprint density at radius 2 is 1.96 bits per heavy atom. The minimum atomic E-state index is -0.700. The lowest BCUT2D eigenvalue weighted by molar-refractivity contribution is 0.401. The largest absolute Gasteiger partial charge is 0.357 e. The predicted octanol–water partition coefficient (Wildman–Crippen LogP) is 2.88. The van der Waals surface area contributed by atoms with Crippen LogP contribution in [0.15, 0.2) is 29.3 Å². The summed E-state index contributed by atoms with van der Waals surface area (Å²) in [7, 11) is 3.48. The van der Waals surface area contributed by atoms with E-state index in [0.29, 0.717) is 17.8 Å². The molecule has 2 rings (SSSR count). The van der Waals surface area contributed by atoms with Crippen LogP contribution in [0, 0.1) is 0 Å². The van der Waals surface area contributed by atoms with Crippen molar-refractivity contribution in [2.75, 3.05) is 26.4 Å². The van der Waals surface area contributed by atoms with Gasteiger partial charge in [-0.15, -0.1) is 0 Å². The lowest BCUT2D eigenvalue weighted by Crippen LogP contribution is -2.46. The first kappa shape index (κ1) is 21.9. The summed E-state index contributed by atoms with van der Waals surface area (Å²) >= 11 is 0. The average molecular weight is 393 g/mol. The van der Waals surface area contributed by atoms with Crippen LogP contribution in [0.1, 0.15) is 50.7 Å². The fraction of sp³-hybridized carbons (Fsp3) is 0.667. The van der Waals surface area contributed by atoms with Crippen molar-refractivity contribution in [1.29, 1.82) is 0 Å². The highest BCUT2D eigenvalue weighted by atomic mass is 32.2. The number of benzene rings is 1. The first-order valence-corrected chi connectivity index (χ1v) is 11.5. The van der Waals surface area contributed by atoms with Crippen LogP contribution < -0.4 is 10.6 Å². The number of hydrogen-bond donors (Lipinski definition) is 2. The molecule has 0 saturated heterocycles. The van der Waals surface area contributed by atoms with Crippen molar-refractivity contribution in [3.05, 3.63) is 35.4 Å². The van der Waals surface area contributed by atoms with Crippen LogP contribution in [0.3, 0.4) is 0 Å². The van der Waals surface area contributed by atoms with Crippen LogP contribution in [0.2, 0.25) is 0 Å². The van der Waals surface area contributed by atoms with Crippen molar-refractivity contribution >= 4 is 16.8 Å². The minimum absolute atomic E-state index is 0.324. The fourth-order valence-electron chi connectivity index (χ4n) is 3.63. The maximum atomic E-state index is 12.2. The molecule has 0 heterocycles. The van der Waals surface area contributed by atoms with Gasteiger partial charge >= 0.3 is 0 Å². The van der Waals surface area contributed by atoms with Crippen LogP contribution in [0.25, 0.3) is 0 Å². The van der Waals surface area contributed by atoms with E-state index in [2.05, 4.69) is 60.8 Å². The van der Waals surface area contributed by atoms with Crippen molar-refractivity contribution in [1.82, 2.24) is 15.5 Å². The Bertz CT molecular complexity index is 632. The fourth-order valence-corrected chi connectivity index (χ4v) is 4.98. The molecule has 6 heteroatoms. The second-order valence-corrected chi connectivity index (χ2v) is 9.51. The second kappa shape index (κ2) is 11.4. The molecule has 152 valence electrons. The molecule has 1 aliphatic carbocycles. The highest BCUT2D eigenvalue weighted by molar-refractivity contribution is 7.85. The third-order valence-corrected chi connectivity index (χ3v) is 6.72. The molecule has 1 aromatic rings. The number of nitrogens with zero attached hydrogens (tertiary/aromatic N) is 2. The van der Waals surface area contributed by atoms with Crippen LogP contribution in [0.5, 0.6) is 0 Å². The third-order valence-electron chi connectivity index (χ3n) is 4.98. The van der Waals surface area contributed by atoms with Gasteiger partial charge in [-0.05, 0) is 51.4 Å². The molecule has 0 amide bonds. The number of rotatable bonds is 8. The van der Waals surface area contributed by atoms with Gasteiger partial charge in [-0.1, -0.05) is 37.6 Å². The van der Waals surface area contributed by atoms with Crippen LogP contribution >= 0.6 is 0 Å². The molecule has 1 aliphatic rings. The van der Waals surface area contributed by atoms with E-state index in [9.17, 15) is 4.21 Å². The normalized spacial score (nSPS) is 21.9. The summed E-state index contributed by atoms with van der Waals surface area (Å²) in [5.41, 5.74) is 2.58. The Balaban J connectivity index is 2.03. The van der Waals surface area contributed by atoms with E-state index in [1.807, 2.05) is 6.92 Å². The second-order valence-electron chi connectivity index (χ2n) is 7.50. The summed E-state index contributed by atoms with van der Waals surface area (Å²) in [6.45, 7) is 6.53. The van der Waals surface area contributed by atoms with E-state index in [1.165, 1.54) is 11.1 Å². The SMILES string of the molecule is CCNC(=NCc1ccccc1CN(C)C)NC1CCCC(S(=O)CC)C1. The van der Waals surface area contributed by atoms with Gasteiger partial charge in [-0.3, -0.25) is 4.21 Å². The summed E-state index contributed by atoms with van der Waals surface area (Å²) in [6.07, 6.45) is 4.32. The molecule has 0 bridgehead atoms. The first-order chi connectivity index (χ1) is 13.0. The zero-order valence-corrected chi connectivity index (χ0v) is 18.1. The van der Waals surface area contributed by atoms with Gasteiger partial charge in [0.1, 0.15) is 0 Å². The summed E-state index contributed by atoms with van der Waals surface area (Å²) < 4.78 is 12.2. The molecule has 27 heavy (non-hydrogen) atoms. The lowest BCUT2D eigenvalue weighted by Gasteiger charge is -2.30. The maximum absolute atomic E-state index is 12.2. The molecular weight excluding hydrogens is 356 g/mol. The van der Waals surface area contributed by atoms with Crippen LogP contribution in [0.4, 0.5) is 0 Å². The van der Waals surface area contributed by atoms with Gasteiger partial charge in [-0.2, -0.15) is 0 Å². The highest BCUT2D eigenvalue weighted by Gasteiger charge is 2.26.